The van der Waals surface area contributed by atoms with Crippen LogP contribution in [0.1, 0.15) is 17.2 Å². The van der Waals surface area contributed by atoms with Crippen molar-refractivity contribution < 1.29 is 9.53 Å². The summed E-state index contributed by atoms with van der Waals surface area (Å²) in [5.74, 6) is 0.769. The van der Waals surface area contributed by atoms with Crippen LogP contribution in [0.3, 0.4) is 0 Å². The summed E-state index contributed by atoms with van der Waals surface area (Å²) in [6.45, 7) is 0.637. The van der Waals surface area contributed by atoms with Crippen LogP contribution in [0.15, 0.2) is 73.3 Å². The van der Waals surface area contributed by atoms with E-state index >= 15 is 0 Å². The van der Waals surface area contributed by atoms with Crippen LogP contribution in [0.4, 0.5) is 0 Å². The Bertz CT molecular complexity index is 784. The van der Waals surface area contributed by atoms with Crippen molar-refractivity contribution >= 4 is 5.91 Å². The zero-order valence-electron chi connectivity index (χ0n) is 14.1. The lowest BCUT2D eigenvalue weighted by Gasteiger charge is -2.20. The van der Waals surface area contributed by atoms with Gasteiger partial charge in [-0.2, -0.15) is 0 Å². The molecule has 3 rings (SSSR count). The average Bonchev–Trinajstić information content (AvgIpc) is 3.16. The molecule has 0 saturated heterocycles. The van der Waals surface area contributed by atoms with E-state index in [9.17, 15) is 4.79 Å². The van der Waals surface area contributed by atoms with Gasteiger partial charge < -0.3 is 14.6 Å². The van der Waals surface area contributed by atoms with Gasteiger partial charge in [0.25, 0.3) is 0 Å². The molecule has 0 saturated carbocycles. The minimum atomic E-state index is -0.110. The van der Waals surface area contributed by atoms with Crippen molar-refractivity contribution in [1.82, 2.24) is 14.9 Å². The lowest BCUT2D eigenvalue weighted by atomic mass is 10.1. The summed E-state index contributed by atoms with van der Waals surface area (Å²) in [6, 6.07) is 17.4. The first-order valence-corrected chi connectivity index (χ1v) is 8.17. The molecule has 0 aliphatic heterocycles. The highest BCUT2D eigenvalue weighted by Gasteiger charge is 2.15. The number of carbonyl (C=O) groups excluding carboxylic acids is 1. The minimum Gasteiger partial charge on any atom is -0.497 e. The summed E-state index contributed by atoms with van der Waals surface area (Å²) in [5, 5.41) is 3.13. The first-order valence-electron chi connectivity index (χ1n) is 8.17. The number of carbonyl (C=O) groups is 1. The van der Waals surface area contributed by atoms with E-state index in [1.165, 1.54) is 0 Å². The molecule has 5 nitrogen and oxygen atoms in total. The number of amides is 1. The lowest BCUT2D eigenvalue weighted by molar-refractivity contribution is -0.121. The molecule has 1 heterocycles. The Morgan fingerprint density at radius 2 is 1.92 bits per heavy atom. The third-order valence-electron chi connectivity index (χ3n) is 4.01. The number of nitrogens with one attached hydrogen (secondary N) is 1. The number of benzene rings is 2. The molecule has 0 radical (unpaired) electrons. The molecule has 0 aliphatic rings. The van der Waals surface area contributed by atoms with Crippen LogP contribution in [0.5, 0.6) is 5.75 Å². The number of aromatic nitrogens is 2. The molecule has 1 atom stereocenters. The van der Waals surface area contributed by atoms with Gasteiger partial charge in [-0.25, -0.2) is 4.98 Å². The van der Waals surface area contributed by atoms with Crippen molar-refractivity contribution in [2.24, 2.45) is 0 Å². The fraction of sp³-hybridized carbons (Fsp3) is 0.200. The number of hydrogen-bond donors (Lipinski definition) is 1. The number of imidazole rings is 1. The van der Waals surface area contributed by atoms with E-state index in [1.54, 1.807) is 19.6 Å². The van der Waals surface area contributed by atoms with E-state index in [4.69, 9.17) is 4.74 Å². The quantitative estimate of drug-likeness (QED) is 0.722. The normalized spacial score (nSPS) is 11.7. The van der Waals surface area contributed by atoms with Crippen molar-refractivity contribution in [3.63, 3.8) is 0 Å². The third-order valence-corrected chi connectivity index (χ3v) is 4.01. The monoisotopic (exact) mass is 335 g/mol. The highest BCUT2D eigenvalue weighted by molar-refractivity contribution is 5.79. The van der Waals surface area contributed by atoms with Crippen LogP contribution in [-0.4, -0.2) is 22.6 Å². The number of methoxy groups -OCH3 is 1. The van der Waals surface area contributed by atoms with Gasteiger partial charge in [0.15, 0.2) is 0 Å². The maximum absolute atomic E-state index is 12.5. The van der Waals surface area contributed by atoms with Crippen LogP contribution in [0.25, 0.3) is 0 Å². The van der Waals surface area contributed by atoms with E-state index in [2.05, 4.69) is 10.3 Å². The van der Waals surface area contributed by atoms with Crippen LogP contribution in [0.2, 0.25) is 0 Å². The molecule has 5 heteroatoms. The van der Waals surface area contributed by atoms with Gasteiger partial charge in [0.05, 0.1) is 25.9 Å². The Kier molecular flexibility index (Phi) is 5.46. The molecule has 2 aromatic carbocycles. The van der Waals surface area contributed by atoms with Gasteiger partial charge in [-0.3, -0.25) is 4.79 Å². The second kappa shape index (κ2) is 8.15. The van der Waals surface area contributed by atoms with Crippen LogP contribution in [0, 0.1) is 0 Å². The van der Waals surface area contributed by atoms with Crippen molar-refractivity contribution in [2.75, 3.05) is 7.11 Å². The molecule has 0 fully saturated rings. The summed E-state index contributed by atoms with van der Waals surface area (Å²) in [4.78, 5) is 16.6. The van der Waals surface area contributed by atoms with E-state index in [1.807, 2.05) is 65.4 Å². The molecule has 1 N–H and O–H groups in total. The Balaban J connectivity index is 1.69. The predicted molar refractivity (Wildman–Crippen MR) is 96.3 cm³/mol. The van der Waals surface area contributed by atoms with Gasteiger partial charge >= 0.3 is 0 Å². The molecule has 1 amide bonds. The average molecular weight is 335 g/mol. The van der Waals surface area contributed by atoms with E-state index in [0.717, 1.165) is 16.9 Å². The summed E-state index contributed by atoms with van der Waals surface area (Å²) in [5.41, 5.74) is 2.02. The smallest absolute Gasteiger partial charge is 0.224 e. The number of hydrogen-bond acceptors (Lipinski definition) is 3. The SMILES string of the molecule is COc1ccc(CC(=O)N[C@@H](Cn2ccnc2)c2ccccc2)cc1. The molecule has 1 aromatic heterocycles. The zero-order chi connectivity index (χ0) is 17.5. The van der Waals surface area contributed by atoms with Gasteiger partial charge in [-0.05, 0) is 23.3 Å². The summed E-state index contributed by atoms with van der Waals surface area (Å²) >= 11 is 0. The van der Waals surface area contributed by atoms with Gasteiger partial charge in [0.1, 0.15) is 5.75 Å². The molecule has 25 heavy (non-hydrogen) atoms. The molecule has 3 aromatic rings. The van der Waals surface area contributed by atoms with Gasteiger partial charge in [0.2, 0.25) is 5.91 Å². The molecule has 0 aliphatic carbocycles. The molecule has 128 valence electrons. The molecule has 0 spiro atoms. The van der Waals surface area contributed by atoms with Crippen LogP contribution in [-0.2, 0) is 17.8 Å². The number of nitrogens with zero attached hydrogens (tertiary/aromatic N) is 2. The molecule has 0 bridgehead atoms. The zero-order valence-corrected chi connectivity index (χ0v) is 14.1. The first-order chi connectivity index (χ1) is 12.2. The minimum absolute atomic E-state index is 0.0147. The summed E-state index contributed by atoms with van der Waals surface area (Å²) in [7, 11) is 1.63. The van der Waals surface area contributed by atoms with E-state index < -0.39 is 0 Å². The highest BCUT2D eigenvalue weighted by Crippen LogP contribution is 2.16. The van der Waals surface area contributed by atoms with Gasteiger partial charge in [0, 0.05) is 18.9 Å². The predicted octanol–water partition coefficient (Wildman–Crippen LogP) is 2.99. The highest BCUT2D eigenvalue weighted by atomic mass is 16.5. The van der Waals surface area contributed by atoms with Crippen molar-refractivity contribution in [3.05, 3.63) is 84.4 Å². The molecule has 0 unspecified atom stereocenters. The van der Waals surface area contributed by atoms with Crippen LogP contribution >= 0.6 is 0 Å². The standard InChI is InChI=1S/C20H21N3O2/c1-25-18-9-7-16(8-10-18)13-20(24)22-19(14-23-12-11-21-15-23)17-5-3-2-4-6-17/h2-12,15,19H,13-14H2,1H3,(H,22,24)/t19-/m0/s1. The third kappa shape index (κ3) is 4.70. The second-order valence-corrected chi connectivity index (χ2v) is 5.82. The van der Waals surface area contributed by atoms with Crippen molar-refractivity contribution in [3.8, 4) is 5.75 Å². The Morgan fingerprint density at radius 3 is 2.56 bits per heavy atom. The first kappa shape index (κ1) is 16.8. The maximum atomic E-state index is 12.5. The van der Waals surface area contributed by atoms with Crippen LogP contribution < -0.4 is 10.1 Å². The summed E-state index contributed by atoms with van der Waals surface area (Å²) in [6.07, 6.45) is 5.72. The summed E-state index contributed by atoms with van der Waals surface area (Å²) < 4.78 is 7.11. The Labute approximate surface area is 147 Å². The molecular weight excluding hydrogens is 314 g/mol. The maximum Gasteiger partial charge on any atom is 0.224 e. The second-order valence-electron chi connectivity index (χ2n) is 5.82. The molecular formula is C20H21N3O2. The van der Waals surface area contributed by atoms with Crippen molar-refractivity contribution in [2.45, 2.75) is 19.0 Å². The largest absolute Gasteiger partial charge is 0.497 e. The topological polar surface area (TPSA) is 56.1 Å². The Morgan fingerprint density at radius 1 is 1.16 bits per heavy atom. The Hall–Kier alpha value is -3.08. The van der Waals surface area contributed by atoms with Gasteiger partial charge in [-0.1, -0.05) is 42.5 Å². The fourth-order valence-corrected chi connectivity index (χ4v) is 2.70. The van der Waals surface area contributed by atoms with Crippen molar-refractivity contribution in [1.29, 1.82) is 0 Å². The fourth-order valence-electron chi connectivity index (χ4n) is 2.70. The van der Waals surface area contributed by atoms with E-state index in [-0.39, 0.29) is 11.9 Å². The van der Waals surface area contributed by atoms with E-state index in [0.29, 0.717) is 13.0 Å². The number of ether oxygens (including phenoxy) is 1. The number of rotatable bonds is 7. The van der Waals surface area contributed by atoms with Gasteiger partial charge in [-0.15, -0.1) is 0 Å². The lowest BCUT2D eigenvalue weighted by Crippen LogP contribution is -2.32.